The first-order valence-electron chi connectivity index (χ1n) is 9.18. The van der Waals surface area contributed by atoms with Crippen LogP contribution >= 0.6 is 0 Å². The molecule has 0 saturated carbocycles. The molecule has 0 aliphatic carbocycles. The highest BCUT2D eigenvalue weighted by Crippen LogP contribution is 2.16. The van der Waals surface area contributed by atoms with Crippen molar-refractivity contribution in [2.75, 3.05) is 43.5 Å². The first kappa shape index (κ1) is 20.9. The molecular formula is C19H28N4O4. The predicted molar refractivity (Wildman–Crippen MR) is 103 cm³/mol. The van der Waals surface area contributed by atoms with Gasteiger partial charge in [0.1, 0.15) is 0 Å². The monoisotopic (exact) mass is 376 g/mol. The van der Waals surface area contributed by atoms with Gasteiger partial charge in [0, 0.05) is 43.0 Å². The number of benzene rings is 1. The molecule has 1 aliphatic heterocycles. The number of amides is 3. The summed E-state index contributed by atoms with van der Waals surface area (Å²) in [5.41, 5.74) is 1.00. The van der Waals surface area contributed by atoms with Crippen LogP contribution in [0.25, 0.3) is 0 Å². The second-order valence-corrected chi connectivity index (χ2v) is 6.97. The van der Waals surface area contributed by atoms with Gasteiger partial charge in [-0.05, 0) is 25.1 Å². The van der Waals surface area contributed by atoms with Gasteiger partial charge in [-0.3, -0.25) is 19.3 Å². The average Bonchev–Trinajstić information content (AvgIpc) is 2.62. The summed E-state index contributed by atoms with van der Waals surface area (Å²) in [6.07, 6.45) is 0. The quantitative estimate of drug-likeness (QED) is 0.645. The summed E-state index contributed by atoms with van der Waals surface area (Å²) in [6.45, 7) is 9.13. The minimum Gasteiger partial charge on any atom is -0.379 e. The summed E-state index contributed by atoms with van der Waals surface area (Å²) >= 11 is 0. The van der Waals surface area contributed by atoms with Crippen molar-refractivity contribution >= 4 is 29.1 Å². The summed E-state index contributed by atoms with van der Waals surface area (Å²) in [5, 5.41) is 8.02. The van der Waals surface area contributed by atoms with Gasteiger partial charge < -0.3 is 20.7 Å². The Morgan fingerprint density at radius 1 is 1.04 bits per heavy atom. The molecule has 1 aromatic carbocycles. The van der Waals surface area contributed by atoms with Crippen LogP contribution in [0.1, 0.15) is 20.8 Å². The van der Waals surface area contributed by atoms with Crippen LogP contribution in [-0.2, 0) is 19.1 Å². The minimum absolute atomic E-state index is 0.117. The van der Waals surface area contributed by atoms with Gasteiger partial charge in [-0.2, -0.15) is 0 Å². The number of carbonyl (C=O) groups is 3. The Balaban J connectivity index is 1.84. The summed E-state index contributed by atoms with van der Waals surface area (Å²) < 4.78 is 5.29. The van der Waals surface area contributed by atoms with E-state index in [4.69, 9.17) is 4.74 Å². The maximum Gasteiger partial charge on any atom is 0.313 e. The first-order chi connectivity index (χ1) is 12.8. The largest absolute Gasteiger partial charge is 0.379 e. The third kappa shape index (κ3) is 6.99. The fourth-order valence-corrected chi connectivity index (χ4v) is 2.66. The number of ether oxygens (including phenoxy) is 1. The van der Waals surface area contributed by atoms with E-state index in [1.807, 2.05) is 6.92 Å². The molecule has 1 unspecified atom stereocenters. The maximum absolute atomic E-state index is 12.1. The molecule has 148 valence electrons. The van der Waals surface area contributed by atoms with E-state index < -0.39 is 11.8 Å². The summed E-state index contributed by atoms with van der Waals surface area (Å²) in [5.74, 6) is -1.70. The molecule has 1 aromatic rings. The number of hydrogen-bond donors (Lipinski definition) is 3. The lowest BCUT2D eigenvalue weighted by Gasteiger charge is -2.29. The normalized spacial score (nSPS) is 15.9. The number of nitrogens with one attached hydrogen (secondary N) is 3. The van der Waals surface area contributed by atoms with E-state index >= 15 is 0 Å². The molecule has 0 spiro atoms. The van der Waals surface area contributed by atoms with Gasteiger partial charge in [0.05, 0.1) is 13.2 Å². The topological polar surface area (TPSA) is 99.8 Å². The van der Waals surface area contributed by atoms with Gasteiger partial charge in [-0.25, -0.2) is 0 Å². The van der Waals surface area contributed by atoms with Gasteiger partial charge >= 0.3 is 11.8 Å². The molecule has 3 amide bonds. The molecule has 0 radical (unpaired) electrons. The molecule has 8 heteroatoms. The van der Waals surface area contributed by atoms with Crippen molar-refractivity contribution in [2.45, 2.75) is 26.8 Å². The number of nitrogens with zero attached hydrogens (tertiary/aromatic N) is 1. The van der Waals surface area contributed by atoms with E-state index in [1.165, 1.54) is 0 Å². The summed E-state index contributed by atoms with van der Waals surface area (Å²) in [4.78, 5) is 38.2. The van der Waals surface area contributed by atoms with E-state index in [2.05, 4.69) is 20.9 Å². The van der Waals surface area contributed by atoms with Crippen LogP contribution < -0.4 is 16.0 Å². The molecule has 3 N–H and O–H groups in total. The fraction of sp³-hybridized carbons (Fsp3) is 0.526. The molecule has 1 saturated heterocycles. The molecular weight excluding hydrogens is 348 g/mol. The van der Waals surface area contributed by atoms with Crippen LogP contribution in [0.15, 0.2) is 24.3 Å². The Labute approximate surface area is 159 Å². The SMILES string of the molecule is CC(CN1CCOCC1)NC(=O)C(=O)Nc1cccc(NC(=O)C(C)C)c1. The van der Waals surface area contributed by atoms with Crippen LogP contribution in [0, 0.1) is 5.92 Å². The zero-order valence-electron chi connectivity index (χ0n) is 16.1. The van der Waals surface area contributed by atoms with E-state index in [-0.39, 0.29) is 17.9 Å². The van der Waals surface area contributed by atoms with Crippen LogP contribution in [0.2, 0.25) is 0 Å². The van der Waals surface area contributed by atoms with Crippen molar-refractivity contribution in [3.05, 3.63) is 24.3 Å². The van der Waals surface area contributed by atoms with Crippen molar-refractivity contribution in [3.8, 4) is 0 Å². The molecule has 1 aliphatic rings. The number of rotatable bonds is 6. The van der Waals surface area contributed by atoms with E-state index in [0.29, 0.717) is 31.1 Å². The Morgan fingerprint density at radius 3 is 2.30 bits per heavy atom. The van der Waals surface area contributed by atoms with Gasteiger partial charge in [0.2, 0.25) is 5.91 Å². The van der Waals surface area contributed by atoms with Gasteiger partial charge in [-0.15, -0.1) is 0 Å². The summed E-state index contributed by atoms with van der Waals surface area (Å²) in [7, 11) is 0. The van der Waals surface area contributed by atoms with E-state index in [9.17, 15) is 14.4 Å². The third-order valence-electron chi connectivity index (χ3n) is 4.13. The Kier molecular flexibility index (Phi) is 7.75. The Morgan fingerprint density at radius 2 is 1.67 bits per heavy atom. The van der Waals surface area contributed by atoms with Gasteiger partial charge in [0.15, 0.2) is 0 Å². The van der Waals surface area contributed by atoms with Crippen LogP contribution in [0.5, 0.6) is 0 Å². The van der Waals surface area contributed by atoms with Crippen molar-refractivity contribution in [1.82, 2.24) is 10.2 Å². The van der Waals surface area contributed by atoms with Gasteiger partial charge in [0.25, 0.3) is 0 Å². The van der Waals surface area contributed by atoms with Crippen molar-refractivity contribution in [1.29, 1.82) is 0 Å². The first-order valence-corrected chi connectivity index (χ1v) is 9.18. The molecule has 27 heavy (non-hydrogen) atoms. The average molecular weight is 376 g/mol. The fourth-order valence-electron chi connectivity index (χ4n) is 2.66. The van der Waals surface area contributed by atoms with Crippen molar-refractivity contribution < 1.29 is 19.1 Å². The highest BCUT2D eigenvalue weighted by Gasteiger charge is 2.19. The van der Waals surface area contributed by atoms with Crippen LogP contribution in [0.4, 0.5) is 11.4 Å². The molecule has 1 heterocycles. The minimum atomic E-state index is -0.740. The second kappa shape index (κ2) is 10.0. The number of morpholine rings is 1. The Bertz CT molecular complexity index is 671. The third-order valence-corrected chi connectivity index (χ3v) is 4.13. The van der Waals surface area contributed by atoms with Gasteiger partial charge in [-0.1, -0.05) is 19.9 Å². The predicted octanol–water partition coefficient (Wildman–Crippen LogP) is 1.06. The van der Waals surface area contributed by atoms with E-state index in [0.717, 1.165) is 13.1 Å². The number of hydrogen-bond acceptors (Lipinski definition) is 5. The Hall–Kier alpha value is -2.45. The zero-order chi connectivity index (χ0) is 19.8. The van der Waals surface area contributed by atoms with Crippen LogP contribution in [0.3, 0.4) is 0 Å². The second-order valence-electron chi connectivity index (χ2n) is 6.97. The zero-order valence-corrected chi connectivity index (χ0v) is 16.1. The van der Waals surface area contributed by atoms with Crippen molar-refractivity contribution in [3.63, 3.8) is 0 Å². The molecule has 0 bridgehead atoms. The summed E-state index contributed by atoms with van der Waals surface area (Å²) in [6, 6.07) is 6.54. The smallest absolute Gasteiger partial charge is 0.313 e. The highest BCUT2D eigenvalue weighted by molar-refractivity contribution is 6.39. The lowest BCUT2D eigenvalue weighted by Crippen LogP contribution is -2.48. The number of carbonyl (C=O) groups excluding carboxylic acids is 3. The molecule has 1 fully saturated rings. The standard InChI is InChI=1S/C19H28N4O4/c1-13(2)17(24)21-15-5-4-6-16(11-15)22-19(26)18(25)20-14(3)12-23-7-9-27-10-8-23/h4-6,11,13-14H,7-10,12H2,1-3H3,(H,20,25)(H,21,24)(H,22,26). The van der Waals surface area contributed by atoms with Crippen LogP contribution in [-0.4, -0.2) is 61.5 Å². The maximum atomic E-state index is 12.1. The van der Waals surface area contributed by atoms with E-state index in [1.54, 1.807) is 38.1 Å². The molecule has 2 rings (SSSR count). The number of anilines is 2. The lowest BCUT2D eigenvalue weighted by atomic mass is 10.2. The molecule has 0 aromatic heterocycles. The lowest BCUT2D eigenvalue weighted by molar-refractivity contribution is -0.136. The highest BCUT2D eigenvalue weighted by atomic mass is 16.5. The van der Waals surface area contributed by atoms with Crippen molar-refractivity contribution in [2.24, 2.45) is 5.92 Å². The molecule has 8 nitrogen and oxygen atoms in total. The molecule has 1 atom stereocenters.